The average Bonchev–Trinajstić information content (AvgIpc) is 3.18. The van der Waals surface area contributed by atoms with Crippen molar-refractivity contribution in [3.05, 3.63) is 199 Å². The molecule has 0 aliphatic carbocycles. The van der Waals surface area contributed by atoms with Gasteiger partial charge < -0.3 is 4.90 Å². The van der Waals surface area contributed by atoms with Crippen molar-refractivity contribution in [1.29, 1.82) is 0 Å². The number of benzene rings is 7. The Morgan fingerprint density at radius 3 is 1.14 bits per heavy atom. The lowest BCUT2D eigenvalue weighted by atomic mass is 9.34. The van der Waals surface area contributed by atoms with Gasteiger partial charge in [0.15, 0.2) is 0 Å². The number of rotatable bonds is 9. The van der Waals surface area contributed by atoms with Gasteiger partial charge in [0.25, 0.3) is 0 Å². The number of nitrogens with zero attached hydrogens (tertiary/aromatic N) is 1. The SMILES string of the molecule is C/C(=C(/B(c1ccc(-c2ccccc2)cc1)c1ccc(-c2ccccc2)cc1)c1ccc(-c2ccccc2)cc1)c1ccccc1N(C)C. The second-order valence-electron chi connectivity index (χ2n) is 12.8. The Balaban J connectivity index is 1.44. The summed E-state index contributed by atoms with van der Waals surface area (Å²) in [5.41, 5.74) is 16.1. The lowest BCUT2D eigenvalue weighted by molar-refractivity contribution is 1.12. The molecule has 0 amide bonds. The molecule has 7 aromatic rings. The van der Waals surface area contributed by atoms with Crippen LogP contribution in [0.4, 0.5) is 5.69 Å². The van der Waals surface area contributed by atoms with Gasteiger partial charge >= 0.3 is 0 Å². The molecule has 0 bridgehead atoms. The summed E-state index contributed by atoms with van der Waals surface area (Å²) in [5, 5.41) is 0. The minimum Gasteiger partial charge on any atom is -0.377 e. The summed E-state index contributed by atoms with van der Waals surface area (Å²) in [4.78, 5) is 2.22. The van der Waals surface area contributed by atoms with Crippen molar-refractivity contribution in [2.24, 2.45) is 0 Å². The number of allylic oxidation sites excluding steroid dienone is 1. The Morgan fingerprint density at radius 2 is 0.735 bits per heavy atom. The van der Waals surface area contributed by atoms with Gasteiger partial charge in [0.2, 0.25) is 6.71 Å². The van der Waals surface area contributed by atoms with Gasteiger partial charge in [-0.05, 0) is 57.5 Å². The molecule has 0 aromatic heterocycles. The predicted molar refractivity (Wildman–Crippen MR) is 214 cm³/mol. The molecule has 7 rings (SSSR count). The van der Waals surface area contributed by atoms with E-state index in [9.17, 15) is 0 Å². The quantitative estimate of drug-likeness (QED) is 0.113. The lowest BCUT2D eigenvalue weighted by Gasteiger charge is -2.25. The van der Waals surface area contributed by atoms with Crippen LogP contribution in [0.1, 0.15) is 18.1 Å². The van der Waals surface area contributed by atoms with E-state index < -0.39 is 0 Å². The molecule has 0 aliphatic rings. The van der Waals surface area contributed by atoms with E-state index in [1.807, 2.05) is 0 Å². The van der Waals surface area contributed by atoms with Crippen LogP contribution in [0.25, 0.3) is 44.4 Å². The largest absolute Gasteiger partial charge is 0.377 e. The number of para-hydroxylation sites is 1. The van der Waals surface area contributed by atoms with Crippen molar-refractivity contribution in [2.75, 3.05) is 19.0 Å². The smallest absolute Gasteiger partial charge is 0.242 e. The highest BCUT2D eigenvalue weighted by Gasteiger charge is 2.28. The maximum Gasteiger partial charge on any atom is 0.242 e. The highest BCUT2D eigenvalue weighted by Crippen LogP contribution is 2.35. The van der Waals surface area contributed by atoms with Crippen molar-refractivity contribution in [1.82, 2.24) is 0 Å². The van der Waals surface area contributed by atoms with Crippen LogP contribution in [0, 0.1) is 0 Å². The number of hydrogen-bond donors (Lipinski definition) is 0. The zero-order valence-corrected chi connectivity index (χ0v) is 28.4. The van der Waals surface area contributed by atoms with Gasteiger partial charge in [0.1, 0.15) is 0 Å². The van der Waals surface area contributed by atoms with Crippen LogP contribution in [0.5, 0.6) is 0 Å². The molecule has 0 spiro atoms. The van der Waals surface area contributed by atoms with E-state index in [2.05, 4.69) is 214 Å². The molecular formula is C47H40BN. The van der Waals surface area contributed by atoms with Crippen LogP contribution in [0.3, 0.4) is 0 Å². The molecule has 0 unspecified atom stereocenters. The molecule has 0 atom stereocenters. The zero-order valence-electron chi connectivity index (χ0n) is 28.4. The summed E-state index contributed by atoms with van der Waals surface area (Å²) < 4.78 is 0. The molecule has 2 heteroatoms. The minimum absolute atomic E-state index is 0.00700. The Kier molecular flexibility index (Phi) is 9.39. The van der Waals surface area contributed by atoms with E-state index in [0.29, 0.717) is 0 Å². The summed E-state index contributed by atoms with van der Waals surface area (Å²) in [6.45, 7) is 2.29. The second-order valence-corrected chi connectivity index (χ2v) is 12.8. The third-order valence-electron chi connectivity index (χ3n) is 9.49. The molecule has 1 nitrogen and oxygen atoms in total. The fraction of sp³-hybridized carbons (Fsp3) is 0.0638. The first kappa shape index (κ1) is 31.7. The van der Waals surface area contributed by atoms with Crippen molar-refractivity contribution in [3.63, 3.8) is 0 Å². The molecule has 0 saturated heterocycles. The maximum absolute atomic E-state index is 2.32. The number of anilines is 1. The average molecular weight is 630 g/mol. The Labute approximate surface area is 291 Å². The molecule has 0 saturated carbocycles. The van der Waals surface area contributed by atoms with Gasteiger partial charge in [-0.2, -0.15) is 0 Å². The van der Waals surface area contributed by atoms with E-state index in [4.69, 9.17) is 0 Å². The van der Waals surface area contributed by atoms with Crippen LogP contribution < -0.4 is 15.8 Å². The highest BCUT2D eigenvalue weighted by molar-refractivity contribution is 7.00. The van der Waals surface area contributed by atoms with Crippen LogP contribution in [0.2, 0.25) is 0 Å². The molecular weight excluding hydrogens is 589 g/mol. The zero-order chi connectivity index (χ0) is 33.6. The predicted octanol–water partition coefficient (Wildman–Crippen LogP) is 10.5. The highest BCUT2D eigenvalue weighted by atomic mass is 15.1. The first-order valence-corrected chi connectivity index (χ1v) is 17.0. The van der Waals surface area contributed by atoms with Gasteiger partial charge in [0.05, 0.1) is 0 Å². The summed E-state index contributed by atoms with van der Waals surface area (Å²) in [6, 6.07) is 68.2. The van der Waals surface area contributed by atoms with E-state index in [0.717, 1.165) is 0 Å². The third kappa shape index (κ3) is 6.91. The summed E-state index contributed by atoms with van der Waals surface area (Å²) in [5.74, 6) is 0. The first-order chi connectivity index (χ1) is 24.1. The topological polar surface area (TPSA) is 3.24 Å². The van der Waals surface area contributed by atoms with Crippen LogP contribution in [0.15, 0.2) is 188 Å². The van der Waals surface area contributed by atoms with Gasteiger partial charge in [-0.1, -0.05) is 198 Å². The van der Waals surface area contributed by atoms with E-state index in [-0.39, 0.29) is 6.71 Å². The van der Waals surface area contributed by atoms with Crippen molar-refractivity contribution < 1.29 is 0 Å². The lowest BCUT2D eigenvalue weighted by Crippen LogP contribution is -2.44. The molecule has 0 aliphatic heterocycles. The van der Waals surface area contributed by atoms with Gasteiger partial charge in [-0.25, -0.2) is 0 Å². The standard InChI is InChI=1S/C47H40BN/c1-35(45-21-13-14-22-46(45)49(2)3)47(42-25-23-39(24-26-42)36-15-7-4-8-16-36)48(43-31-27-40(28-32-43)37-17-9-5-10-18-37)44-33-29-41(30-34-44)38-19-11-6-12-20-38/h4-34H,1-3H3/b47-35-. The Hall–Kier alpha value is -5.86. The normalized spacial score (nSPS) is 11.5. The molecule has 49 heavy (non-hydrogen) atoms. The second kappa shape index (κ2) is 14.5. The Bertz CT molecular complexity index is 2070. The number of hydrogen-bond acceptors (Lipinski definition) is 1. The fourth-order valence-corrected chi connectivity index (χ4v) is 6.92. The summed E-state index contributed by atoms with van der Waals surface area (Å²) >= 11 is 0. The maximum atomic E-state index is 2.32. The monoisotopic (exact) mass is 629 g/mol. The molecule has 0 heterocycles. The van der Waals surface area contributed by atoms with Crippen molar-refractivity contribution in [3.8, 4) is 33.4 Å². The minimum atomic E-state index is -0.00700. The van der Waals surface area contributed by atoms with E-state index in [1.54, 1.807) is 0 Å². The summed E-state index contributed by atoms with van der Waals surface area (Å²) in [6.07, 6.45) is 0. The molecule has 236 valence electrons. The van der Waals surface area contributed by atoms with Gasteiger partial charge in [-0.3, -0.25) is 0 Å². The molecule has 0 fully saturated rings. The van der Waals surface area contributed by atoms with Crippen LogP contribution in [-0.2, 0) is 0 Å². The van der Waals surface area contributed by atoms with Crippen molar-refractivity contribution >= 4 is 34.4 Å². The summed E-state index contributed by atoms with van der Waals surface area (Å²) in [7, 11) is 4.26. The first-order valence-electron chi connectivity index (χ1n) is 17.0. The fourth-order valence-electron chi connectivity index (χ4n) is 6.92. The molecule has 0 radical (unpaired) electrons. The van der Waals surface area contributed by atoms with Gasteiger partial charge in [0, 0.05) is 25.3 Å². The van der Waals surface area contributed by atoms with Crippen LogP contribution in [-0.4, -0.2) is 20.8 Å². The Morgan fingerprint density at radius 1 is 0.388 bits per heavy atom. The molecule has 0 N–H and O–H groups in total. The van der Waals surface area contributed by atoms with Crippen molar-refractivity contribution in [2.45, 2.75) is 6.92 Å². The van der Waals surface area contributed by atoms with Crippen LogP contribution >= 0.6 is 0 Å². The third-order valence-corrected chi connectivity index (χ3v) is 9.49. The molecule has 7 aromatic carbocycles. The van der Waals surface area contributed by atoms with E-state index >= 15 is 0 Å². The van der Waals surface area contributed by atoms with Gasteiger partial charge in [-0.15, -0.1) is 0 Å². The van der Waals surface area contributed by atoms with E-state index in [1.165, 1.54) is 72.2 Å².